The summed E-state index contributed by atoms with van der Waals surface area (Å²) in [6.45, 7) is 0. The summed E-state index contributed by atoms with van der Waals surface area (Å²) in [5.74, 6) is 9.43. The van der Waals surface area contributed by atoms with Crippen molar-refractivity contribution in [3.63, 3.8) is 0 Å². The van der Waals surface area contributed by atoms with Gasteiger partial charge in [-0.25, -0.2) is 0 Å². The monoisotopic (exact) mass is 272 g/mol. The molecule has 5 aliphatic carbocycles. The lowest BCUT2D eigenvalue weighted by Crippen LogP contribution is -2.35. The van der Waals surface area contributed by atoms with Crippen molar-refractivity contribution in [2.24, 2.45) is 47.3 Å². The fourth-order valence-electron chi connectivity index (χ4n) is 8.10. The zero-order valence-corrected chi connectivity index (χ0v) is 13.1. The molecule has 0 spiro atoms. The molecule has 20 heavy (non-hydrogen) atoms. The van der Waals surface area contributed by atoms with Gasteiger partial charge in [0.25, 0.3) is 0 Å². The van der Waals surface area contributed by atoms with Crippen LogP contribution in [-0.4, -0.2) is 0 Å². The fourth-order valence-corrected chi connectivity index (χ4v) is 8.10. The van der Waals surface area contributed by atoms with E-state index in [1.807, 2.05) is 0 Å². The smallest absolute Gasteiger partial charge is 0.0324 e. The molecule has 0 aromatic heterocycles. The number of hydrogen-bond donors (Lipinski definition) is 0. The van der Waals surface area contributed by atoms with Gasteiger partial charge in [0.05, 0.1) is 0 Å². The SMILES string of the molecule is C1CCC2CC3C(CC2C1)C1CCCC2CCCC3C21. The van der Waals surface area contributed by atoms with E-state index in [2.05, 4.69) is 0 Å². The van der Waals surface area contributed by atoms with Gasteiger partial charge in [0.15, 0.2) is 0 Å². The van der Waals surface area contributed by atoms with Crippen molar-refractivity contribution in [2.45, 2.75) is 77.0 Å². The van der Waals surface area contributed by atoms with Gasteiger partial charge in [-0.1, -0.05) is 51.4 Å². The Bertz CT molecular complexity index is 338. The third kappa shape index (κ3) is 1.72. The number of rotatable bonds is 0. The van der Waals surface area contributed by atoms with Crippen LogP contribution in [0, 0.1) is 47.3 Å². The Kier molecular flexibility index (Phi) is 2.98. The normalized spacial score (nSPS) is 57.6. The van der Waals surface area contributed by atoms with E-state index in [1.165, 1.54) is 35.5 Å². The standard InChI is InChI=1S/C20H32/c1-2-6-15-12-19-17-10-4-8-13-7-3-9-16(20(13)17)18(19)11-14(15)5-1/h13-20H,1-12H2. The zero-order valence-electron chi connectivity index (χ0n) is 13.1. The molecule has 0 aromatic rings. The second-order valence-corrected chi connectivity index (χ2v) is 9.13. The highest BCUT2D eigenvalue weighted by molar-refractivity contribution is 5.06. The van der Waals surface area contributed by atoms with Crippen molar-refractivity contribution < 1.29 is 0 Å². The molecule has 0 N–H and O–H groups in total. The van der Waals surface area contributed by atoms with E-state index in [1.54, 1.807) is 77.0 Å². The van der Waals surface area contributed by atoms with E-state index >= 15 is 0 Å². The highest BCUT2D eigenvalue weighted by Crippen LogP contribution is 2.64. The van der Waals surface area contributed by atoms with Crippen LogP contribution in [0.5, 0.6) is 0 Å². The molecule has 112 valence electrons. The van der Waals surface area contributed by atoms with Crippen LogP contribution in [0.1, 0.15) is 77.0 Å². The van der Waals surface area contributed by atoms with Crippen molar-refractivity contribution in [3.8, 4) is 0 Å². The second-order valence-electron chi connectivity index (χ2n) is 9.13. The zero-order chi connectivity index (χ0) is 13.1. The second kappa shape index (κ2) is 4.75. The van der Waals surface area contributed by atoms with Gasteiger partial charge in [-0.2, -0.15) is 0 Å². The van der Waals surface area contributed by atoms with Gasteiger partial charge < -0.3 is 0 Å². The van der Waals surface area contributed by atoms with E-state index in [0.29, 0.717) is 0 Å². The third-order valence-electron chi connectivity index (χ3n) is 8.62. The van der Waals surface area contributed by atoms with Crippen molar-refractivity contribution in [2.75, 3.05) is 0 Å². The van der Waals surface area contributed by atoms with Crippen LogP contribution in [0.2, 0.25) is 0 Å². The first-order valence-electron chi connectivity index (χ1n) is 9.92. The van der Waals surface area contributed by atoms with Crippen LogP contribution < -0.4 is 0 Å². The summed E-state index contributed by atoms with van der Waals surface area (Å²) in [6.07, 6.45) is 19.2. The first-order valence-corrected chi connectivity index (χ1v) is 9.92. The summed E-state index contributed by atoms with van der Waals surface area (Å²) in [7, 11) is 0. The van der Waals surface area contributed by atoms with Crippen LogP contribution in [0.3, 0.4) is 0 Å². The largest absolute Gasteiger partial charge is 0.0530 e. The maximum atomic E-state index is 1.67. The lowest BCUT2D eigenvalue weighted by atomic mass is 9.61. The van der Waals surface area contributed by atoms with E-state index < -0.39 is 0 Å². The van der Waals surface area contributed by atoms with Gasteiger partial charge in [0.1, 0.15) is 0 Å². The summed E-state index contributed by atoms with van der Waals surface area (Å²) in [5, 5.41) is 0. The van der Waals surface area contributed by atoms with Gasteiger partial charge in [-0.15, -0.1) is 0 Å². The number of fused-ring (bicyclic) bond motifs is 4. The first kappa shape index (κ1) is 12.5. The highest BCUT2D eigenvalue weighted by atomic mass is 14.6. The van der Waals surface area contributed by atoms with Gasteiger partial charge in [-0.3, -0.25) is 0 Å². The van der Waals surface area contributed by atoms with Gasteiger partial charge >= 0.3 is 0 Å². The van der Waals surface area contributed by atoms with E-state index in [0.717, 1.165) is 11.8 Å². The molecule has 0 bridgehead atoms. The Labute approximate surface area is 125 Å². The molecule has 0 saturated heterocycles. The molecule has 5 saturated carbocycles. The van der Waals surface area contributed by atoms with Gasteiger partial charge in [0.2, 0.25) is 0 Å². The average Bonchev–Trinajstić information content (AvgIpc) is 2.82. The van der Waals surface area contributed by atoms with Gasteiger partial charge in [0, 0.05) is 0 Å². The Morgan fingerprint density at radius 2 is 0.900 bits per heavy atom. The topological polar surface area (TPSA) is 0 Å². The predicted octanol–water partition coefficient (Wildman–Crippen LogP) is 5.67. The minimum Gasteiger partial charge on any atom is -0.0530 e. The Morgan fingerprint density at radius 3 is 1.45 bits per heavy atom. The molecule has 5 rings (SSSR count). The maximum Gasteiger partial charge on any atom is -0.0324 e. The van der Waals surface area contributed by atoms with Crippen LogP contribution >= 0.6 is 0 Å². The van der Waals surface area contributed by atoms with Crippen molar-refractivity contribution >= 4 is 0 Å². The maximum absolute atomic E-state index is 1.67. The lowest BCUT2D eigenvalue weighted by Gasteiger charge is -2.44. The number of hydrogen-bond acceptors (Lipinski definition) is 0. The lowest BCUT2D eigenvalue weighted by molar-refractivity contribution is 0.0611. The molecule has 0 radical (unpaired) electrons. The van der Waals surface area contributed by atoms with E-state index in [4.69, 9.17) is 0 Å². The minimum atomic E-state index is 1.16. The Hall–Kier alpha value is 0. The van der Waals surface area contributed by atoms with Crippen LogP contribution in [-0.2, 0) is 0 Å². The van der Waals surface area contributed by atoms with E-state index in [9.17, 15) is 0 Å². The molecule has 0 nitrogen and oxygen atoms in total. The summed E-state index contributed by atoms with van der Waals surface area (Å²) in [4.78, 5) is 0. The predicted molar refractivity (Wildman–Crippen MR) is 83.3 cm³/mol. The molecule has 0 aliphatic heterocycles. The molecule has 5 aliphatic rings. The quantitative estimate of drug-likeness (QED) is 0.533. The van der Waals surface area contributed by atoms with Crippen molar-refractivity contribution in [3.05, 3.63) is 0 Å². The molecule has 0 amide bonds. The van der Waals surface area contributed by atoms with Gasteiger partial charge in [-0.05, 0) is 73.0 Å². The highest BCUT2D eigenvalue weighted by Gasteiger charge is 2.57. The summed E-state index contributed by atoms with van der Waals surface area (Å²) < 4.78 is 0. The molecule has 0 heterocycles. The molecule has 0 heteroatoms. The van der Waals surface area contributed by atoms with Crippen molar-refractivity contribution in [1.82, 2.24) is 0 Å². The Balaban J connectivity index is 1.45. The fraction of sp³-hybridized carbons (Fsp3) is 1.00. The minimum absolute atomic E-state index is 1.16. The van der Waals surface area contributed by atoms with Crippen LogP contribution in [0.15, 0.2) is 0 Å². The van der Waals surface area contributed by atoms with Crippen LogP contribution in [0.25, 0.3) is 0 Å². The molecule has 5 fully saturated rings. The third-order valence-corrected chi connectivity index (χ3v) is 8.62. The van der Waals surface area contributed by atoms with Crippen LogP contribution in [0.4, 0.5) is 0 Å². The summed E-state index contributed by atoms with van der Waals surface area (Å²) in [5.41, 5.74) is 0. The first-order chi connectivity index (χ1) is 9.92. The molecule has 6 atom stereocenters. The molecule has 0 aromatic carbocycles. The average molecular weight is 272 g/mol. The Morgan fingerprint density at radius 1 is 0.400 bits per heavy atom. The van der Waals surface area contributed by atoms with E-state index in [-0.39, 0.29) is 0 Å². The van der Waals surface area contributed by atoms with Crippen molar-refractivity contribution in [1.29, 1.82) is 0 Å². The molecular weight excluding hydrogens is 240 g/mol. The molecule has 6 unspecified atom stereocenters. The summed E-state index contributed by atoms with van der Waals surface area (Å²) >= 11 is 0. The summed E-state index contributed by atoms with van der Waals surface area (Å²) in [6, 6.07) is 0. The molecular formula is C20H32.